The van der Waals surface area contributed by atoms with E-state index in [1.54, 1.807) is 6.07 Å². The first-order valence-corrected chi connectivity index (χ1v) is 7.32. The first kappa shape index (κ1) is 14.7. The Labute approximate surface area is 125 Å². The Morgan fingerprint density at radius 3 is 2.40 bits per heavy atom. The average Bonchev–Trinajstić information content (AvgIpc) is 2.47. The van der Waals surface area contributed by atoms with Crippen molar-refractivity contribution in [3.8, 4) is 5.75 Å². The molecule has 2 N–H and O–H groups in total. The largest absolute Gasteiger partial charge is 0.489 e. The van der Waals surface area contributed by atoms with Gasteiger partial charge in [-0.15, -0.1) is 0 Å². The van der Waals surface area contributed by atoms with Crippen molar-refractivity contribution in [3.63, 3.8) is 0 Å². The Morgan fingerprint density at radius 1 is 1.05 bits per heavy atom. The molecule has 0 atom stereocenters. The number of nitrogen functional groups attached to an aromatic ring is 1. The first-order valence-electron chi connectivity index (χ1n) is 6.94. The van der Waals surface area contributed by atoms with Gasteiger partial charge in [0.2, 0.25) is 0 Å². The van der Waals surface area contributed by atoms with Gasteiger partial charge in [-0.3, -0.25) is 0 Å². The van der Waals surface area contributed by atoms with Gasteiger partial charge >= 0.3 is 0 Å². The van der Waals surface area contributed by atoms with E-state index < -0.39 is 0 Å². The lowest BCUT2D eigenvalue weighted by Crippen LogP contribution is -1.97. The highest BCUT2D eigenvalue weighted by Gasteiger charge is 2.00. The summed E-state index contributed by atoms with van der Waals surface area (Å²) in [6, 6.07) is 13.9. The van der Waals surface area contributed by atoms with Gasteiger partial charge in [0.05, 0.1) is 10.7 Å². The lowest BCUT2D eigenvalue weighted by atomic mass is 10.1. The van der Waals surface area contributed by atoms with E-state index in [2.05, 4.69) is 19.1 Å². The molecule has 0 aliphatic rings. The summed E-state index contributed by atoms with van der Waals surface area (Å²) in [4.78, 5) is 0. The number of unbranched alkanes of at least 4 members (excludes halogenated alkanes) is 1. The zero-order valence-corrected chi connectivity index (χ0v) is 12.5. The molecule has 0 saturated heterocycles. The molecule has 2 aromatic carbocycles. The van der Waals surface area contributed by atoms with Crippen LogP contribution in [0, 0.1) is 0 Å². The second-order valence-corrected chi connectivity index (χ2v) is 5.30. The summed E-state index contributed by atoms with van der Waals surface area (Å²) >= 11 is 5.89. The molecule has 0 aliphatic carbocycles. The lowest BCUT2D eigenvalue weighted by Gasteiger charge is -2.08. The van der Waals surface area contributed by atoms with Gasteiger partial charge in [0.15, 0.2) is 0 Å². The molecule has 2 nitrogen and oxygen atoms in total. The van der Waals surface area contributed by atoms with Crippen molar-refractivity contribution in [1.29, 1.82) is 0 Å². The second-order valence-electron chi connectivity index (χ2n) is 4.89. The van der Waals surface area contributed by atoms with Crippen LogP contribution in [0.2, 0.25) is 5.02 Å². The summed E-state index contributed by atoms with van der Waals surface area (Å²) in [6.07, 6.45) is 3.57. The van der Waals surface area contributed by atoms with E-state index >= 15 is 0 Å². The molecule has 0 radical (unpaired) electrons. The van der Waals surface area contributed by atoms with Crippen LogP contribution in [0.3, 0.4) is 0 Å². The quantitative estimate of drug-likeness (QED) is 0.772. The van der Waals surface area contributed by atoms with Crippen LogP contribution >= 0.6 is 11.6 Å². The van der Waals surface area contributed by atoms with Crippen LogP contribution in [0.25, 0.3) is 0 Å². The smallest absolute Gasteiger partial charge is 0.119 e. The molecular formula is C17H20ClNO. The van der Waals surface area contributed by atoms with E-state index in [0.29, 0.717) is 17.3 Å². The van der Waals surface area contributed by atoms with Crippen molar-refractivity contribution in [3.05, 3.63) is 58.6 Å². The van der Waals surface area contributed by atoms with Gasteiger partial charge in [-0.2, -0.15) is 0 Å². The third-order valence-electron chi connectivity index (χ3n) is 3.21. The van der Waals surface area contributed by atoms with Crippen molar-refractivity contribution < 1.29 is 4.74 Å². The zero-order valence-electron chi connectivity index (χ0n) is 11.7. The molecule has 0 fully saturated rings. The van der Waals surface area contributed by atoms with Crippen molar-refractivity contribution in [2.24, 2.45) is 0 Å². The van der Waals surface area contributed by atoms with Crippen LogP contribution in [-0.2, 0) is 13.0 Å². The Balaban J connectivity index is 1.91. The molecular weight excluding hydrogens is 270 g/mol. The van der Waals surface area contributed by atoms with Crippen LogP contribution in [0.15, 0.2) is 42.5 Å². The fourth-order valence-corrected chi connectivity index (χ4v) is 2.10. The maximum absolute atomic E-state index is 5.89. The highest BCUT2D eigenvalue weighted by Crippen LogP contribution is 2.21. The average molecular weight is 290 g/mol. The lowest BCUT2D eigenvalue weighted by molar-refractivity contribution is 0.306. The monoisotopic (exact) mass is 289 g/mol. The minimum Gasteiger partial charge on any atom is -0.489 e. The molecule has 2 rings (SSSR count). The molecule has 0 aromatic heterocycles. The van der Waals surface area contributed by atoms with Crippen LogP contribution in [0.1, 0.15) is 30.9 Å². The summed E-state index contributed by atoms with van der Waals surface area (Å²) < 4.78 is 5.75. The molecule has 2 aromatic rings. The third kappa shape index (κ3) is 4.17. The zero-order chi connectivity index (χ0) is 14.4. The Morgan fingerprint density at radius 2 is 1.75 bits per heavy atom. The topological polar surface area (TPSA) is 35.2 Å². The summed E-state index contributed by atoms with van der Waals surface area (Å²) in [7, 11) is 0. The van der Waals surface area contributed by atoms with E-state index in [-0.39, 0.29) is 0 Å². The van der Waals surface area contributed by atoms with Gasteiger partial charge in [0.1, 0.15) is 12.4 Å². The molecule has 0 heterocycles. The van der Waals surface area contributed by atoms with E-state index in [4.69, 9.17) is 22.1 Å². The molecule has 0 aliphatic heterocycles. The molecule has 0 saturated carbocycles. The number of anilines is 1. The van der Waals surface area contributed by atoms with E-state index in [9.17, 15) is 0 Å². The number of halogens is 1. The van der Waals surface area contributed by atoms with Gasteiger partial charge < -0.3 is 10.5 Å². The minimum absolute atomic E-state index is 0.496. The van der Waals surface area contributed by atoms with Crippen molar-refractivity contribution in [2.45, 2.75) is 32.8 Å². The second kappa shape index (κ2) is 7.20. The predicted molar refractivity (Wildman–Crippen MR) is 85.3 cm³/mol. The maximum atomic E-state index is 5.89. The van der Waals surface area contributed by atoms with Crippen molar-refractivity contribution >= 4 is 17.3 Å². The first-order chi connectivity index (χ1) is 9.69. The number of rotatable bonds is 6. The van der Waals surface area contributed by atoms with Gasteiger partial charge in [0, 0.05) is 0 Å². The molecule has 0 amide bonds. The van der Waals surface area contributed by atoms with Gasteiger partial charge in [-0.05, 0) is 48.2 Å². The van der Waals surface area contributed by atoms with Gasteiger partial charge in [-0.1, -0.05) is 43.1 Å². The molecule has 0 bridgehead atoms. The number of nitrogens with two attached hydrogens (primary N) is 1. The van der Waals surface area contributed by atoms with Crippen LogP contribution in [-0.4, -0.2) is 0 Å². The van der Waals surface area contributed by atoms with Crippen molar-refractivity contribution in [2.75, 3.05) is 5.73 Å². The third-order valence-corrected chi connectivity index (χ3v) is 3.55. The number of hydrogen-bond donors (Lipinski definition) is 1. The maximum Gasteiger partial charge on any atom is 0.119 e. The molecule has 0 spiro atoms. The number of hydrogen-bond acceptors (Lipinski definition) is 2. The highest BCUT2D eigenvalue weighted by molar-refractivity contribution is 6.33. The normalized spacial score (nSPS) is 10.5. The summed E-state index contributed by atoms with van der Waals surface area (Å²) in [5.74, 6) is 0.874. The van der Waals surface area contributed by atoms with Crippen LogP contribution < -0.4 is 10.5 Å². The van der Waals surface area contributed by atoms with E-state index in [1.165, 1.54) is 18.4 Å². The number of benzene rings is 2. The molecule has 106 valence electrons. The van der Waals surface area contributed by atoms with E-state index in [1.807, 2.05) is 24.3 Å². The van der Waals surface area contributed by atoms with E-state index in [0.717, 1.165) is 17.7 Å². The predicted octanol–water partition coefficient (Wildman–Crippen LogP) is 4.84. The Bertz CT molecular complexity index is 551. The molecule has 3 heteroatoms. The molecule has 0 unspecified atom stereocenters. The molecule has 20 heavy (non-hydrogen) atoms. The van der Waals surface area contributed by atoms with Crippen LogP contribution in [0.4, 0.5) is 5.69 Å². The van der Waals surface area contributed by atoms with Crippen molar-refractivity contribution in [1.82, 2.24) is 0 Å². The standard InChI is InChI=1S/C17H20ClNO/c1-2-3-4-13-5-8-15(9-6-13)20-12-14-7-10-16(18)17(19)11-14/h5-11H,2-4,12,19H2,1H3. The Kier molecular flexibility index (Phi) is 5.31. The summed E-state index contributed by atoms with van der Waals surface area (Å²) in [6.45, 7) is 2.70. The summed E-state index contributed by atoms with van der Waals surface area (Å²) in [5, 5.41) is 0.578. The SMILES string of the molecule is CCCCc1ccc(OCc2ccc(Cl)c(N)c2)cc1. The minimum atomic E-state index is 0.496. The fourth-order valence-electron chi connectivity index (χ4n) is 1.98. The van der Waals surface area contributed by atoms with Gasteiger partial charge in [0.25, 0.3) is 0 Å². The van der Waals surface area contributed by atoms with Crippen LogP contribution in [0.5, 0.6) is 5.75 Å². The number of aryl methyl sites for hydroxylation is 1. The fraction of sp³-hybridized carbons (Fsp3) is 0.294. The summed E-state index contributed by atoms with van der Waals surface area (Å²) in [5.41, 5.74) is 8.73. The number of ether oxygens (including phenoxy) is 1. The highest BCUT2D eigenvalue weighted by atomic mass is 35.5. The van der Waals surface area contributed by atoms with Gasteiger partial charge in [-0.25, -0.2) is 0 Å². The Hall–Kier alpha value is -1.67.